The molecule has 0 spiro atoms. The molecule has 1 fully saturated rings. The van der Waals surface area contributed by atoms with Gasteiger partial charge >= 0.3 is 5.97 Å². The molecule has 0 aromatic carbocycles. The Bertz CT molecular complexity index is 236. The number of hydrogen-bond donors (Lipinski definition) is 0. The molecule has 0 heterocycles. The van der Waals surface area contributed by atoms with Gasteiger partial charge in [0.1, 0.15) is 0 Å². The number of ether oxygens (including phenoxy) is 1. The van der Waals surface area contributed by atoms with Crippen LogP contribution in [-0.4, -0.2) is 18.6 Å². The summed E-state index contributed by atoms with van der Waals surface area (Å²) in [4.78, 5) is 14.1. The van der Waals surface area contributed by atoms with Crippen LogP contribution in [0.4, 0.5) is 0 Å². The summed E-state index contributed by atoms with van der Waals surface area (Å²) in [6.07, 6.45) is 2.52. The summed E-state index contributed by atoms with van der Waals surface area (Å²) >= 11 is 0. The Balaban J connectivity index is 2.57. The minimum atomic E-state index is -0.225. The van der Waals surface area contributed by atoms with Crippen molar-refractivity contribution in [3.05, 3.63) is 10.4 Å². The van der Waals surface area contributed by atoms with Crippen LogP contribution < -0.4 is 0 Å². The quantitative estimate of drug-likeness (QED) is 0.290. The number of hydrogen-bond acceptors (Lipinski definition) is 3. The van der Waals surface area contributed by atoms with E-state index in [9.17, 15) is 4.79 Å². The Morgan fingerprint density at radius 2 is 2.46 bits per heavy atom. The third-order valence-electron chi connectivity index (χ3n) is 2.27. The lowest BCUT2D eigenvalue weighted by atomic mass is 10.1. The molecule has 13 heavy (non-hydrogen) atoms. The van der Waals surface area contributed by atoms with Crippen LogP contribution in [0, 0.1) is 5.92 Å². The fraction of sp³-hybridized carbons (Fsp3) is 0.875. The Kier molecular flexibility index (Phi) is 3.58. The van der Waals surface area contributed by atoms with Crippen molar-refractivity contribution < 1.29 is 9.53 Å². The molecule has 1 saturated carbocycles. The second-order valence-corrected chi connectivity index (χ2v) is 3.06. The Hall–Kier alpha value is -1.22. The van der Waals surface area contributed by atoms with Crippen molar-refractivity contribution in [2.75, 3.05) is 6.61 Å². The number of carbonyl (C=O) groups excluding carboxylic acids is 1. The zero-order valence-electron chi connectivity index (χ0n) is 7.64. The van der Waals surface area contributed by atoms with Gasteiger partial charge in [0, 0.05) is 4.91 Å². The van der Waals surface area contributed by atoms with Crippen molar-refractivity contribution in [3.63, 3.8) is 0 Å². The highest BCUT2D eigenvalue weighted by atomic mass is 16.5. The first kappa shape index (κ1) is 9.86. The van der Waals surface area contributed by atoms with E-state index in [1.54, 1.807) is 6.92 Å². The lowest BCUT2D eigenvalue weighted by Gasteiger charge is -2.12. The van der Waals surface area contributed by atoms with Crippen molar-refractivity contribution >= 4 is 5.97 Å². The van der Waals surface area contributed by atoms with E-state index in [0.717, 1.165) is 19.3 Å². The number of rotatable bonds is 3. The fourth-order valence-corrected chi connectivity index (χ4v) is 1.67. The first-order valence-electron chi connectivity index (χ1n) is 4.50. The monoisotopic (exact) mass is 183 g/mol. The molecule has 0 bridgehead atoms. The number of carbonyl (C=O) groups is 1. The second kappa shape index (κ2) is 4.72. The van der Waals surface area contributed by atoms with Gasteiger partial charge in [0.15, 0.2) is 0 Å². The molecule has 0 saturated heterocycles. The van der Waals surface area contributed by atoms with Crippen LogP contribution >= 0.6 is 0 Å². The van der Waals surface area contributed by atoms with E-state index in [0.29, 0.717) is 6.61 Å². The van der Waals surface area contributed by atoms with Crippen molar-refractivity contribution in [1.82, 2.24) is 0 Å². The predicted octanol–water partition coefficient (Wildman–Crippen LogP) is 2.03. The molecule has 0 amide bonds. The van der Waals surface area contributed by atoms with E-state index >= 15 is 0 Å². The zero-order valence-corrected chi connectivity index (χ0v) is 7.64. The highest BCUT2D eigenvalue weighted by Gasteiger charge is 2.33. The maximum Gasteiger partial charge on any atom is 0.309 e. The number of nitrogens with zero attached hydrogens (tertiary/aromatic N) is 3. The minimum absolute atomic E-state index is 0.191. The SMILES string of the molecule is CCOC(=O)C1CCCC1N=[N+]=[N-]. The van der Waals surface area contributed by atoms with Gasteiger partial charge in [-0.15, -0.1) is 0 Å². The summed E-state index contributed by atoms with van der Waals surface area (Å²) in [5.74, 6) is -0.437. The van der Waals surface area contributed by atoms with Crippen LogP contribution in [0.25, 0.3) is 10.4 Å². The van der Waals surface area contributed by atoms with Crippen molar-refractivity contribution in [2.24, 2.45) is 11.0 Å². The molecule has 72 valence electrons. The van der Waals surface area contributed by atoms with Crippen LogP contribution in [-0.2, 0) is 9.53 Å². The van der Waals surface area contributed by atoms with E-state index < -0.39 is 0 Å². The Morgan fingerprint density at radius 3 is 3.08 bits per heavy atom. The standard InChI is InChI=1S/C8H13N3O2/c1-2-13-8(12)6-4-3-5-7(6)10-11-9/h6-7H,2-5H2,1H3. The lowest BCUT2D eigenvalue weighted by molar-refractivity contribution is -0.148. The van der Waals surface area contributed by atoms with E-state index in [4.69, 9.17) is 10.3 Å². The summed E-state index contributed by atoms with van der Waals surface area (Å²) in [5, 5.41) is 3.59. The van der Waals surface area contributed by atoms with E-state index in [1.165, 1.54) is 0 Å². The largest absolute Gasteiger partial charge is 0.466 e. The summed E-state index contributed by atoms with van der Waals surface area (Å²) < 4.78 is 4.88. The summed E-state index contributed by atoms with van der Waals surface area (Å²) in [5.41, 5.74) is 8.26. The van der Waals surface area contributed by atoms with Gasteiger partial charge in [-0.2, -0.15) is 0 Å². The zero-order chi connectivity index (χ0) is 9.68. The molecular weight excluding hydrogens is 170 g/mol. The third-order valence-corrected chi connectivity index (χ3v) is 2.27. The lowest BCUT2D eigenvalue weighted by Crippen LogP contribution is -2.23. The van der Waals surface area contributed by atoms with Crippen LogP contribution in [0.3, 0.4) is 0 Å². The van der Waals surface area contributed by atoms with Crippen LogP contribution in [0.15, 0.2) is 5.11 Å². The highest BCUT2D eigenvalue weighted by molar-refractivity contribution is 5.73. The fourth-order valence-electron chi connectivity index (χ4n) is 1.67. The molecule has 1 aliphatic rings. The summed E-state index contributed by atoms with van der Waals surface area (Å²) in [7, 11) is 0. The molecule has 0 aliphatic heterocycles. The topological polar surface area (TPSA) is 75.1 Å². The van der Waals surface area contributed by atoms with Gasteiger partial charge in [-0.25, -0.2) is 0 Å². The highest BCUT2D eigenvalue weighted by Crippen LogP contribution is 2.29. The van der Waals surface area contributed by atoms with Gasteiger partial charge in [0.2, 0.25) is 0 Å². The summed E-state index contributed by atoms with van der Waals surface area (Å²) in [6, 6.07) is -0.191. The molecule has 5 nitrogen and oxygen atoms in total. The molecule has 0 aromatic heterocycles. The van der Waals surface area contributed by atoms with Gasteiger partial charge in [-0.3, -0.25) is 4.79 Å². The van der Waals surface area contributed by atoms with Gasteiger partial charge in [0.05, 0.1) is 18.6 Å². The normalized spacial score (nSPS) is 26.5. The molecule has 2 unspecified atom stereocenters. The van der Waals surface area contributed by atoms with Crippen molar-refractivity contribution in [1.29, 1.82) is 0 Å². The van der Waals surface area contributed by atoms with Crippen LogP contribution in [0.2, 0.25) is 0 Å². The average Bonchev–Trinajstić information content (AvgIpc) is 2.54. The van der Waals surface area contributed by atoms with Crippen molar-refractivity contribution in [3.8, 4) is 0 Å². The van der Waals surface area contributed by atoms with Gasteiger partial charge in [-0.1, -0.05) is 11.5 Å². The van der Waals surface area contributed by atoms with Gasteiger partial charge in [0.25, 0.3) is 0 Å². The molecule has 5 heteroatoms. The summed E-state index contributed by atoms with van der Waals surface area (Å²) in [6.45, 7) is 2.16. The predicted molar refractivity (Wildman–Crippen MR) is 46.9 cm³/mol. The molecule has 1 rings (SSSR count). The first-order chi connectivity index (χ1) is 6.29. The first-order valence-corrected chi connectivity index (χ1v) is 4.50. The molecule has 1 aliphatic carbocycles. The number of azide groups is 1. The van der Waals surface area contributed by atoms with E-state index in [1.807, 2.05) is 0 Å². The maximum absolute atomic E-state index is 11.3. The molecule has 0 radical (unpaired) electrons. The molecule has 0 aromatic rings. The van der Waals surface area contributed by atoms with Gasteiger partial charge < -0.3 is 4.74 Å². The smallest absolute Gasteiger partial charge is 0.309 e. The molecular formula is C8H13N3O2. The average molecular weight is 183 g/mol. The minimum Gasteiger partial charge on any atom is -0.466 e. The third kappa shape index (κ3) is 2.36. The van der Waals surface area contributed by atoms with E-state index in [2.05, 4.69) is 10.0 Å². The second-order valence-electron chi connectivity index (χ2n) is 3.06. The maximum atomic E-state index is 11.3. The van der Waals surface area contributed by atoms with Gasteiger partial charge in [-0.05, 0) is 25.3 Å². The molecule has 2 atom stereocenters. The Morgan fingerprint density at radius 1 is 1.69 bits per heavy atom. The molecule has 0 N–H and O–H groups in total. The number of esters is 1. The van der Waals surface area contributed by atoms with E-state index in [-0.39, 0.29) is 17.9 Å². The van der Waals surface area contributed by atoms with Crippen LogP contribution in [0.1, 0.15) is 26.2 Å². The Labute approximate surface area is 76.7 Å². The van der Waals surface area contributed by atoms with Crippen LogP contribution in [0.5, 0.6) is 0 Å². The van der Waals surface area contributed by atoms with Crippen molar-refractivity contribution in [2.45, 2.75) is 32.2 Å².